The number of unbranched alkanes of at least 4 members (excludes halogenated alkanes) is 10. The molecule has 2 aromatic rings. The molecule has 0 aliphatic rings. The lowest BCUT2D eigenvalue weighted by atomic mass is 10.0. The quantitative estimate of drug-likeness (QED) is 0.215. The predicted octanol–water partition coefficient (Wildman–Crippen LogP) is 7.79. The molecule has 0 saturated heterocycles. The summed E-state index contributed by atoms with van der Waals surface area (Å²) in [5.41, 5.74) is 3.43. The van der Waals surface area contributed by atoms with Crippen molar-refractivity contribution < 1.29 is 0 Å². The minimum Gasteiger partial charge on any atom is -0.372 e. The van der Waals surface area contributed by atoms with Crippen LogP contribution in [0, 0.1) is 6.92 Å². The molecule has 4 nitrogen and oxygen atoms in total. The third-order valence-corrected chi connectivity index (χ3v) is 7.52. The zero-order chi connectivity index (χ0) is 28.0. The highest BCUT2D eigenvalue weighted by molar-refractivity contribution is 5.60. The van der Waals surface area contributed by atoms with Crippen LogP contribution in [0.2, 0.25) is 0 Å². The van der Waals surface area contributed by atoms with E-state index in [1.807, 2.05) is 0 Å². The lowest BCUT2D eigenvalue weighted by molar-refractivity contribution is 0.344. The topological polar surface area (TPSA) is 41.0 Å². The third kappa shape index (κ3) is 10.2. The fourth-order valence-electron chi connectivity index (χ4n) is 5.15. The standard InChI is InChI=1S/C34H57N3O/c1-8-11-13-15-17-19-24-36(25-20-18-16-14-12-9-2)30-23-22-29(28(4)26-30)27-31-32(21-10-3)35-37(33(31)38)34(5,6)7/h21-23,26-27,35H,8-20,24-25H2,1-7H3/b31-27-,32-21-. The lowest BCUT2D eigenvalue weighted by Crippen LogP contribution is -2.39. The van der Waals surface area contributed by atoms with Gasteiger partial charge < -0.3 is 4.90 Å². The molecule has 4 heteroatoms. The SMILES string of the molecule is CC/C=c1\[nH]n(C(C)(C)C)c(=O)\c1=C/c1ccc(N(CCCCCCCC)CCCCCCCC)cc1C. The van der Waals surface area contributed by atoms with Crippen molar-refractivity contribution in [2.45, 2.75) is 137 Å². The van der Waals surface area contributed by atoms with Gasteiger partial charge in [0.1, 0.15) is 0 Å². The fourth-order valence-corrected chi connectivity index (χ4v) is 5.15. The van der Waals surface area contributed by atoms with Crippen molar-refractivity contribution >= 4 is 17.8 Å². The van der Waals surface area contributed by atoms with E-state index < -0.39 is 0 Å². The van der Waals surface area contributed by atoms with Crippen LogP contribution >= 0.6 is 0 Å². The van der Waals surface area contributed by atoms with Crippen LogP contribution in [0.5, 0.6) is 0 Å². The Bertz CT molecular complexity index is 1100. The van der Waals surface area contributed by atoms with Gasteiger partial charge in [-0.1, -0.05) is 97.1 Å². The summed E-state index contributed by atoms with van der Waals surface area (Å²) in [6, 6.07) is 6.81. The first kappa shape index (κ1) is 32.0. The third-order valence-electron chi connectivity index (χ3n) is 7.52. The van der Waals surface area contributed by atoms with E-state index in [4.69, 9.17) is 0 Å². The molecule has 1 N–H and O–H groups in total. The normalized spacial score (nSPS) is 13.0. The molecular formula is C34H57N3O. The van der Waals surface area contributed by atoms with Crippen molar-refractivity contribution in [1.29, 1.82) is 0 Å². The van der Waals surface area contributed by atoms with Gasteiger partial charge in [0.05, 0.1) is 16.1 Å². The summed E-state index contributed by atoms with van der Waals surface area (Å²) in [6.45, 7) is 17.3. The van der Waals surface area contributed by atoms with Gasteiger partial charge in [0.15, 0.2) is 0 Å². The summed E-state index contributed by atoms with van der Waals surface area (Å²) in [5, 5.41) is 5.03. The first-order valence-corrected chi connectivity index (χ1v) is 15.6. The first-order chi connectivity index (χ1) is 18.2. The van der Waals surface area contributed by atoms with Gasteiger partial charge in [-0.25, -0.2) is 4.68 Å². The Balaban J connectivity index is 2.26. The highest BCUT2D eigenvalue weighted by Gasteiger charge is 2.17. The molecule has 1 aromatic heterocycles. The van der Waals surface area contributed by atoms with Gasteiger partial charge in [0, 0.05) is 18.8 Å². The second kappa shape index (κ2) is 16.7. The molecule has 0 fully saturated rings. The van der Waals surface area contributed by atoms with Crippen LogP contribution in [0.15, 0.2) is 23.0 Å². The molecular weight excluding hydrogens is 466 g/mol. The number of rotatable bonds is 17. The van der Waals surface area contributed by atoms with Crippen LogP contribution in [0.3, 0.4) is 0 Å². The Morgan fingerprint density at radius 2 is 1.39 bits per heavy atom. The molecule has 1 heterocycles. The molecule has 0 spiro atoms. The summed E-state index contributed by atoms with van der Waals surface area (Å²) in [6.07, 6.45) is 21.0. The number of hydrogen-bond acceptors (Lipinski definition) is 2. The molecule has 0 bridgehead atoms. The Kier molecular flexibility index (Phi) is 14.0. The van der Waals surface area contributed by atoms with Crippen LogP contribution in [-0.2, 0) is 5.54 Å². The highest BCUT2D eigenvalue weighted by atomic mass is 16.1. The van der Waals surface area contributed by atoms with Gasteiger partial charge in [-0.2, -0.15) is 0 Å². The van der Waals surface area contributed by atoms with Gasteiger partial charge in [-0.3, -0.25) is 9.89 Å². The summed E-state index contributed by atoms with van der Waals surface area (Å²) >= 11 is 0. The van der Waals surface area contributed by atoms with E-state index in [0.29, 0.717) is 0 Å². The zero-order valence-corrected chi connectivity index (χ0v) is 25.8. The van der Waals surface area contributed by atoms with Gasteiger partial charge >= 0.3 is 0 Å². The van der Waals surface area contributed by atoms with Crippen molar-refractivity contribution in [3.63, 3.8) is 0 Å². The first-order valence-electron chi connectivity index (χ1n) is 15.6. The minimum atomic E-state index is -0.286. The van der Waals surface area contributed by atoms with E-state index >= 15 is 0 Å². The van der Waals surface area contributed by atoms with Crippen LogP contribution in [0.4, 0.5) is 5.69 Å². The van der Waals surface area contributed by atoms with E-state index in [0.717, 1.165) is 35.6 Å². The highest BCUT2D eigenvalue weighted by Crippen LogP contribution is 2.22. The molecule has 0 aliphatic heterocycles. The van der Waals surface area contributed by atoms with Crippen molar-refractivity contribution in [1.82, 2.24) is 9.78 Å². The van der Waals surface area contributed by atoms with Gasteiger partial charge in [-0.15, -0.1) is 0 Å². The maximum atomic E-state index is 13.3. The van der Waals surface area contributed by atoms with E-state index in [2.05, 4.69) is 88.8 Å². The predicted molar refractivity (Wildman–Crippen MR) is 168 cm³/mol. The van der Waals surface area contributed by atoms with Crippen LogP contribution < -0.4 is 21.0 Å². The molecule has 1 aromatic carbocycles. The average molecular weight is 524 g/mol. The minimum absolute atomic E-state index is 0.0495. The van der Waals surface area contributed by atoms with Gasteiger partial charge in [0.2, 0.25) is 0 Å². The molecule has 0 radical (unpaired) electrons. The second-order valence-electron chi connectivity index (χ2n) is 12.1. The van der Waals surface area contributed by atoms with Crippen LogP contribution in [0.25, 0.3) is 12.2 Å². The van der Waals surface area contributed by atoms with Crippen molar-refractivity contribution in [2.75, 3.05) is 18.0 Å². The molecule has 0 atom stereocenters. The molecule has 0 aliphatic carbocycles. The number of H-pyrrole nitrogens is 1. The number of hydrogen-bond donors (Lipinski definition) is 1. The number of aromatic amines is 1. The summed E-state index contributed by atoms with van der Waals surface area (Å²) in [4.78, 5) is 15.9. The monoisotopic (exact) mass is 523 g/mol. The van der Waals surface area contributed by atoms with E-state index in [9.17, 15) is 4.79 Å². The molecule has 214 valence electrons. The van der Waals surface area contributed by atoms with Crippen molar-refractivity contribution in [3.05, 3.63) is 50.2 Å². The molecule has 0 saturated carbocycles. The maximum absolute atomic E-state index is 13.3. The lowest BCUT2D eigenvalue weighted by Gasteiger charge is -2.26. The fraction of sp³-hybridized carbons (Fsp3) is 0.676. The van der Waals surface area contributed by atoms with Crippen molar-refractivity contribution in [2.24, 2.45) is 0 Å². The average Bonchev–Trinajstić information content (AvgIpc) is 3.18. The smallest absolute Gasteiger partial charge is 0.274 e. The number of aryl methyl sites for hydroxylation is 1. The van der Waals surface area contributed by atoms with Crippen LogP contribution in [-0.4, -0.2) is 22.9 Å². The van der Waals surface area contributed by atoms with Gasteiger partial charge in [0.25, 0.3) is 5.56 Å². The Morgan fingerprint density at radius 1 is 0.842 bits per heavy atom. The van der Waals surface area contributed by atoms with Gasteiger partial charge in [-0.05, 0) is 76.3 Å². The number of anilines is 1. The summed E-state index contributed by atoms with van der Waals surface area (Å²) in [5.74, 6) is 0. The Hall–Kier alpha value is -2.23. The molecule has 0 unspecified atom stereocenters. The Labute approximate surface area is 233 Å². The Morgan fingerprint density at radius 3 is 1.89 bits per heavy atom. The molecule has 38 heavy (non-hydrogen) atoms. The number of benzene rings is 1. The summed E-state index contributed by atoms with van der Waals surface area (Å²) in [7, 11) is 0. The molecule has 0 amide bonds. The number of nitrogens with zero attached hydrogens (tertiary/aromatic N) is 2. The largest absolute Gasteiger partial charge is 0.372 e. The number of aromatic nitrogens is 2. The van der Waals surface area contributed by atoms with Crippen LogP contribution in [0.1, 0.15) is 136 Å². The van der Waals surface area contributed by atoms with E-state index in [1.54, 1.807) is 4.68 Å². The molecule has 2 rings (SSSR count). The van der Waals surface area contributed by atoms with Crippen molar-refractivity contribution in [3.8, 4) is 0 Å². The second-order valence-corrected chi connectivity index (χ2v) is 12.1. The number of nitrogens with one attached hydrogen (secondary N) is 1. The zero-order valence-electron chi connectivity index (χ0n) is 25.8. The van der Waals surface area contributed by atoms with E-state index in [1.165, 1.54) is 88.3 Å². The summed E-state index contributed by atoms with van der Waals surface area (Å²) < 4.78 is 1.76. The maximum Gasteiger partial charge on any atom is 0.274 e. The van der Waals surface area contributed by atoms with E-state index in [-0.39, 0.29) is 11.1 Å².